The van der Waals surface area contributed by atoms with Crippen LogP contribution in [0.3, 0.4) is 0 Å². The minimum absolute atomic E-state index is 0.0106. The first kappa shape index (κ1) is 16.0. The normalized spacial score (nSPS) is 17.3. The number of fused-ring (bicyclic) bond motifs is 1. The van der Waals surface area contributed by atoms with Gasteiger partial charge in [0.15, 0.2) is 0 Å². The van der Waals surface area contributed by atoms with Crippen molar-refractivity contribution in [3.05, 3.63) is 35.0 Å². The summed E-state index contributed by atoms with van der Waals surface area (Å²) in [5, 5.41) is 7.54. The van der Waals surface area contributed by atoms with Gasteiger partial charge in [-0.1, -0.05) is 6.07 Å². The van der Waals surface area contributed by atoms with Crippen molar-refractivity contribution < 1.29 is 9.53 Å². The fourth-order valence-corrected chi connectivity index (χ4v) is 3.32. The SMILES string of the molecule is COC1(C(=O)NCc2ccc3[nH]c(C)c(C)c3c2)CCNCC1. The standard InChI is InChI=1S/C18H25N3O2/c1-12-13(2)21-16-5-4-14(10-15(12)16)11-20-17(22)18(23-3)6-8-19-9-7-18/h4-5,10,19,21H,6-9,11H2,1-3H3,(H,20,22). The maximum absolute atomic E-state index is 12.6. The quantitative estimate of drug-likeness (QED) is 0.810. The first-order valence-electron chi connectivity index (χ1n) is 8.18. The van der Waals surface area contributed by atoms with Gasteiger partial charge >= 0.3 is 0 Å². The van der Waals surface area contributed by atoms with Crippen molar-refractivity contribution in [3.63, 3.8) is 0 Å². The van der Waals surface area contributed by atoms with E-state index in [2.05, 4.69) is 47.7 Å². The highest BCUT2D eigenvalue weighted by Crippen LogP contribution is 2.24. The van der Waals surface area contributed by atoms with E-state index in [1.807, 2.05) is 0 Å². The van der Waals surface area contributed by atoms with E-state index in [1.54, 1.807) is 7.11 Å². The van der Waals surface area contributed by atoms with E-state index in [-0.39, 0.29) is 5.91 Å². The first-order valence-corrected chi connectivity index (χ1v) is 8.18. The van der Waals surface area contributed by atoms with Crippen LogP contribution in [0.25, 0.3) is 10.9 Å². The van der Waals surface area contributed by atoms with Gasteiger partial charge in [-0.3, -0.25) is 4.79 Å². The van der Waals surface area contributed by atoms with Gasteiger partial charge in [0, 0.05) is 30.3 Å². The van der Waals surface area contributed by atoms with E-state index in [0.717, 1.165) is 24.2 Å². The lowest BCUT2D eigenvalue weighted by Crippen LogP contribution is -2.53. The van der Waals surface area contributed by atoms with Crippen LogP contribution in [0.5, 0.6) is 0 Å². The van der Waals surface area contributed by atoms with Crippen molar-refractivity contribution in [2.24, 2.45) is 0 Å². The van der Waals surface area contributed by atoms with Crippen molar-refractivity contribution in [2.75, 3.05) is 20.2 Å². The molecule has 0 spiro atoms. The minimum atomic E-state index is -0.685. The Balaban J connectivity index is 1.72. The van der Waals surface area contributed by atoms with Gasteiger partial charge in [0.25, 0.3) is 5.91 Å². The number of piperidine rings is 1. The summed E-state index contributed by atoms with van der Waals surface area (Å²) in [5.74, 6) is -0.0106. The Morgan fingerprint density at radius 2 is 2.04 bits per heavy atom. The number of carbonyl (C=O) groups is 1. The number of ether oxygens (including phenoxy) is 1. The predicted molar refractivity (Wildman–Crippen MR) is 91.5 cm³/mol. The maximum Gasteiger partial charge on any atom is 0.252 e. The number of rotatable bonds is 4. The average molecular weight is 315 g/mol. The number of benzene rings is 1. The van der Waals surface area contributed by atoms with E-state index < -0.39 is 5.60 Å². The molecule has 0 unspecified atom stereocenters. The molecular formula is C18H25N3O2. The van der Waals surface area contributed by atoms with Crippen LogP contribution in [-0.2, 0) is 16.1 Å². The molecule has 1 fully saturated rings. The number of H-pyrrole nitrogens is 1. The third kappa shape index (κ3) is 2.99. The van der Waals surface area contributed by atoms with E-state index in [0.29, 0.717) is 19.4 Å². The molecule has 3 rings (SSSR count). The molecular weight excluding hydrogens is 290 g/mol. The largest absolute Gasteiger partial charge is 0.368 e. The number of methoxy groups -OCH3 is 1. The molecule has 1 amide bonds. The molecule has 1 aliphatic heterocycles. The minimum Gasteiger partial charge on any atom is -0.368 e. The van der Waals surface area contributed by atoms with Crippen molar-refractivity contribution >= 4 is 16.8 Å². The van der Waals surface area contributed by atoms with Crippen LogP contribution >= 0.6 is 0 Å². The molecule has 1 aliphatic rings. The number of nitrogens with one attached hydrogen (secondary N) is 3. The molecule has 1 aromatic carbocycles. The molecule has 1 aromatic heterocycles. The second-order valence-electron chi connectivity index (χ2n) is 6.39. The van der Waals surface area contributed by atoms with Crippen molar-refractivity contribution in [1.29, 1.82) is 0 Å². The topological polar surface area (TPSA) is 66.1 Å². The monoisotopic (exact) mass is 315 g/mol. The van der Waals surface area contributed by atoms with Crippen molar-refractivity contribution in [3.8, 4) is 0 Å². The number of hydrogen-bond acceptors (Lipinski definition) is 3. The second kappa shape index (κ2) is 6.34. The summed E-state index contributed by atoms with van der Waals surface area (Å²) < 4.78 is 5.56. The highest BCUT2D eigenvalue weighted by Gasteiger charge is 2.39. The third-order valence-electron chi connectivity index (χ3n) is 5.04. The van der Waals surface area contributed by atoms with Crippen LogP contribution in [0.4, 0.5) is 0 Å². The zero-order chi connectivity index (χ0) is 16.4. The first-order chi connectivity index (χ1) is 11.1. The van der Waals surface area contributed by atoms with Crippen molar-refractivity contribution in [1.82, 2.24) is 15.6 Å². The Bertz CT molecular complexity index is 714. The Morgan fingerprint density at radius 1 is 1.30 bits per heavy atom. The highest BCUT2D eigenvalue weighted by molar-refractivity contribution is 5.86. The summed E-state index contributed by atoms with van der Waals surface area (Å²) in [4.78, 5) is 16.0. The Kier molecular flexibility index (Phi) is 4.41. The number of carbonyl (C=O) groups excluding carboxylic acids is 1. The van der Waals surface area contributed by atoms with Gasteiger partial charge in [-0.05, 0) is 63.0 Å². The lowest BCUT2D eigenvalue weighted by Gasteiger charge is -2.34. The van der Waals surface area contributed by atoms with Gasteiger partial charge in [0.1, 0.15) is 5.60 Å². The molecule has 0 saturated carbocycles. The molecule has 0 bridgehead atoms. The number of hydrogen-bond donors (Lipinski definition) is 3. The summed E-state index contributed by atoms with van der Waals surface area (Å²) in [5.41, 5.74) is 4.01. The molecule has 5 heteroatoms. The van der Waals surface area contributed by atoms with Gasteiger partial charge in [-0.2, -0.15) is 0 Å². The van der Waals surface area contributed by atoms with E-state index in [1.165, 1.54) is 16.6 Å². The number of aromatic amines is 1. The number of aromatic nitrogens is 1. The molecule has 3 N–H and O–H groups in total. The van der Waals surface area contributed by atoms with Gasteiger partial charge < -0.3 is 20.4 Å². The summed E-state index contributed by atoms with van der Waals surface area (Å²) in [7, 11) is 1.63. The fourth-order valence-electron chi connectivity index (χ4n) is 3.32. The van der Waals surface area contributed by atoms with Gasteiger partial charge in [0.05, 0.1) is 0 Å². The van der Waals surface area contributed by atoms with Crippen LogP contribution in [0.15, 0.2) is 18.2 Å². The highest BCUT2D eigenvalue weighted by atomic mass is 16.5. The maximum atomic E-state index is 12.6. The third-order valence-corrected chi connectivity index (χ3v) is 5.04. The van der Waals surface area contributed by atoms with Gasteiger partial charge in [-0.15, -0.1) is 0 Å². The summed E-state index contributed by atoms with van der Waals surface area (Å²) >= 11 is 0. The fraction of sp³-hybridized carbons (Fsp3) is 0.500. The summed E-state index contributed by atoms with van der Waals surface area (Å²) in [6, 6.07) is 6.28. The Hall–Kier alpha value is -1.85. The van der Waals surface area contributed by atoms with E-state index >= 15 is 0 Å². The van der Waals surface area contributed by atoms with E-state index in [9.17, 15) is 4.79 Å². The second-order valence-corrected chi connectivity index (χ2v) is 6.39. The zero-order valence-electron chi connectivity index (χ0n) is 14.1. The molecule has 23 heavy (non-hydrogen) atoms. The average Bonchev–Trinajstić information content (AvgIpc) is 2.87. The number of aryl methyl sites for hydroxylation is 2. The summed E-state index contributed by atoms with van der Waals surface area (Å²) in [6.07, 6.45) is 1.43. The summed E-state index contributed by atoms with van der Waals surface area (Å²) in [6.45, 7) is 6.35. The zero-order valence-corrected chi connectivity index (χ0v) is 14.1. The number of amides is 1. The molecule has 5 nitrogen and oxygen atoms in total. The van der Waals surface area contributed by atoms with E-state index in [4.69, 9.17) is 4.74 Å². The Labute approximate surface area is 136 Å². The molecule has 0 atom stereocenters. The van der Waals surface area contributed by atoms with Crippen LogP contribution in [0.1, 0.15) is 29.7 Å². The molecule has 2 heterocycles. The van der Waals surface area contributed by atoms with Crippen LogP contribution < -0.4 is 10.6 Å². The molecule has 0 aliphatic carbocycles. The molecule has 0 radical (unpaired) electrons. The molecule has 124 valence electrons. The molecule has 2 aromatic rings. The smallest absolute Gasteiger partial charge is 0.252 e. The Morgan fingerprint density at radius 3 is 2.74 bits per heavy atom. The molecule has 1 saturated heterocycles. The van der Waals surface area contributed by atoms with Crippen LogP contribution in [-0.4, -0.2) is 36.7 Å². The lowest BCUT2D eigenvalue weighted by atomic mass is 9.91. The van der Waals surface area contributed by atoms with Gasteiger partial charge in [-0.25, -0.2) is 0 Å². The predicted octanol–water partition coefficient (Wildman–Crippen LogP) is 2.17. The van der Waals surface area contributed by atoms with Crippen molar-refractivity contribution in [2.45, 2.75) is 38.8 Å². The van der Waals surface area contributed by atoms with Crippen LogP contribution in [0, 0.1) is 13.8 Å². The lowest BCUT2D eigenvalue weighted by molar-refractivity contribution is -0.146. The van der Waals surface area contributed by atoms with Gasteiger partial charge in [0.2, 0.25) is 0 Å². The van der Waals surface area contributed by atoms with Crippen LogP contribution in [0.2, 0.25) is 0 Å².